The topological polar surface area (TPSA) is 66.5 Å². The van der Waals surface area contributed by atoms with Gasteiger partial charge in [0.15, 0.2) is 0 Å². The molecular formula is C20H24N2O3S. The van der Waals surface area contributed by atoms with Gasteiger partial charge in [-0.05, 0) is 60.7 Å². The summed E-state index contributed by atoms with van der Waals surface area (Å²) >= 11 is 0. The van der Waals surface area contributed by atoms with Gasteiger partial charge in [-0.2, -0.15) is 0 Å². The van der Waals surface area contributed by atoms with Crippen molar-refractivity contribution in [3.8, 4) is 0 Å². The SMILES string of the molecule is CC(C)Cc1cccc(NS(=O)(=O)c2ccc(N3CCCC3=O)cc2)c1. The third kappa shape index (κ3) is 4.25. The molecule has 2 aromatic rings. The van der Waals surface area contributed by atoms with Crippen LogP contribution in [0.3, 0.4) is 0 Å². The van der Waals surface area contributed by atoms with Crippen molar-refractivity contribution in [3.05, 3.63) is 54.1 Å². The minimum absolute atomic E-state index is 0.0840. The Kier molecular flexibility index (Phi) is 5.32. The molecule has 26 heavy (non-hydrogen) atoms. The Morgan fingerprint density at radius 2 is 1.85 bits per heavy atom. The maximum absolute atomic E-state index is 12.6. The van der Waals surface area contributed by atoms with Gasteiger partial charge in [0.2, 0.25) is 5.91 Å². The molecule has 1 heterocycles. The zero-order valence-electron chi connectivity index (χ0n) is 15.1. The first-order valence-electron chi connectivity index (χ1n) is 8.87. The number of benzene rings is 2. The third-order valence-electron chi connectivity index (χ3n) is 4.36. The van der Waals surface area contributed by atoms with E-state index in [-0.39, 0.29) is 10.8 Å². The molecule has 1 aliphatic heterocycles. The highest BCUT2D eigenvalue weighted by Crippen LogP contribution is 2.24. The van der Waals surface area contributed by atoms with E-state index in [1.807, 2.05) is 18.2 Å². The molecule has 0 bridgehead atoms. The van der Waals surface area contributed by atoms with E-state index in [1.54, 1.807) is 35.2 Å². The molecule has 0 aromatic heterocycles. The Morgan fingerprint density at radius 1 is 1.12 bits per heavy atom. The van der Waals surface area contributed by atoms with Gasteiger partial charge in [0, 0.05) is 24.3 Å². The quantitative estimate of drug-likeness (QED) is 0.838. The van der Waals surface area contributed by atoms with E-state index in [0.29, 0.717) is 24.6 Å². The summed E-state index contributed by atoms with van der Waals surface area (Å²) < 4.78 is 27.9. The van der Waals surface area contributed by atoms with Crippen molar-refractivity contribution in [3.63, 3.8) is 0 Å². The normalized spacial score (nSPS) is 14.9. The summed E-state index contributed by atoms with van der Waals surface area (Å²) in [4.78, 5) is 13.7. The highest BCUT2D eigenvalue weighted by Gasteiger charge is 2.22. The first-order valence-corrected chi connectivity index (χ1v) is 10.4. The summed E-state index contributed by atoms with van der Waals surface area (Å²) in [5.74, 6) is 0.586. The summed E-state index contributed by atoms with van der Waals surface area (Å²) in [6.45, 7) is 4.94. The highest BCUT2D eigenvalue weighted by molar-refractivity contribution is 7.92. The standard InChI is InChI=1S/C20H24N2O3S/c1-15(2)13-16-5-3-6-17(14-16)21-26(24,25)19-10-8-18(9-11-19)22-12-4-7-20(22)23/h3,5-6,8-11,14-15,21H,4,7,12-13H2,1-2H3. The molecule has 0 unspecified atom stereocenters. The molecule has 1 saturated heterocycles. The van der Waals surface area contributed by atoms with Crippen LogP contribution in [0.15, 0.2) is 53.4 Å². The highest BCUT2D eigenvalue weighted by atomic mass is 32.2. The molecule has 5 nitrogen and oxygen atoms in total. The van der Waals surface area contributed by atoms with Crippen LogP contribution in [0.2, 0.25) is 0 Å². The predicted molar refractivity (Wildman–Crippen MR) is 104 cm³/mol. The van der Waals surface area contributed by atoms with E-state index in [1.165, 1.54) is 0 Å². The molecule has 0 atom stereocenters. The van der Waals surface area contributed by atoms with E-state index in [0.717, 1.165) is 24.1 Å². The van der Waals surface area contributed by atoms with Gasteiger partial charge in [0.1, 0.15) is 0 Å². The maximum atomic E-state index is 12.6. The zero-order valence-corrected chi connectivity index (χ0v) is 15.9. The molecule has 6 heteroatoms. The van der Waals surface area contributed by atoms with E-state index in [9.17, 15) is 13.2 Å². The number of carbonyl (C=O) groups excluding carboxylic acids is 1. The smallest absolute Gasteiger partial charge is 0.261 e. The first kappa shape index (κ1) is 18.5. The summed E-state index contributed by atoms with van der Waals surface area (Å²) in [5, 5.41) is 0. The Balaban J connectivity index is 1.77. The minimum atomic E-state index is -3.67. The molecule has 0 spiro atoms. The zero-order chi connectivity index (χ0) is 18.7. The molecule has 0 aliphatic carbocycles. The van der Waals surface area contributed by atoms with Crippen LogP contribution < -0.4 is 9.62 Å². The average Bonchev–Trinajstić information content (AvgIpc) is 3.00. The third-order valence-corrected chi connectivity index (χ3v) is 5.75. The molecule has 0 saturated carbocycles. The second-order valence-corrected chi connectivity index (χ2v) is 8.73. The van der Waals surface area contributed by atoms with E-state index < -0.39 is 10.0 Å². The number of sulfonamides is 1. The van der Waals surface area contributed by atoms with Crippen molar-refractivity contribution in [1.29, 1.82) is 0 Å². The Morgan fingerprint density at radius 3 is 2.46 bits per heavy atom. The number of amides is 1. The lowest BCUT2D eigenvalue weighted by Crippen LogP contribution is -2.23. The molecule has 3 rings (SSSR count). The van der Waals surface area contributed by atoms with Gasteiger partial charge in [-0.1, -0.05) is 26.0 Å². The summed E-state index contributed by atoms with van der Waals surface area (Å²) in [6.07, 6.45) is 2.29. The van der Waals surface area contributed by atoms with Crippen LogP contribution in [0.5, 0.6) is 0 Å². The van der Waals surface area contributed by atoms with Crippen molar-refractivity contribution in [2.24, 2.45) is 5.92 Å². The Hall–Kier alpha value is -2.34. The fourth-order valence-electron chi connectivity index (χ4n) is 3.17. The van der Waals surface area contributed by atoms with Gasteiger partial charge in [-0.3, -0.25) is 9.52 Å². The average molecular weight is 372 g/mol. The van der Waals surface area contributed by atoms with Crippen LogP contribution >= 0.6 is 0 Å². The van der Waals surface area contributed by atoms with E-state index in [4.69, 9.17) is 0 Å². The second kappa shape index (κ2) is 7.50. The Bertz CT molecular complexity index is 890. The van der Waals surface area contributed by atoms with Crippen molar-refractivity contribution >= 4 is 27.3 Å². The molecule has 138 valence electrons. The fourth-order valence-corrected chi connectivity index (χ4v) is 4.22. The van der Waals surface area contributed by atoms with Crippen molar-refractivity contribution in [2.45, 2.75) is 38.0 Å². The molecule has 1 fully saturated rings. The monoisotopic (exact) mass is 372 g/mol. The number of nitrogens with zero attached hydrogens (tertiary/aromatic N) is 1. The number of nitrogens with one attached hydrogen (secondary N) is 1. The summed E-state index contributed by atoms with van der Waals surface area (Å²) in [5.41, 5.74) is 2.40. The molecule has 2 aromatic carbocycles. The van der Waals surface area contributed by atoms with Gasteiger partial charge < -0.3 is 4.90 Å². The van der Waals surface area contributed by atoms with E-state index >= 15 is 0 Å². The van der Waals surface area contributed by atoms with Crippen LogP contribution in [0, 0.1) is 5.92 Å². The molecule has 1 amide bonds. The number of hydrogen-bond donors (Lipinski definition) is 1. The van der Waals surface area contributed by atoms with Crippen molar-refractivity contribution in [1.82, 2.24) is 0 Å². The fraction of sp³-hybridized carbons (Fsp3) is 0.350. The van der Waals surface area contributed by atoms with Crippen LogP contribution in [0.4, 0.5) is 11.4 Å². The molecule has 1 aliphatic rings. The molecule has 1 N–H and O–H groups in total. The Labute approximate surface area is 155 Å². The number of anilines is 2. The largest absolute Gasteiger partial charge is 0.312 e. The van der Waals surface area contributed by atoms with Gasteiger partial charge >= 0.3 is 0 Å². The van der Waals surface area contributed by atoms with E-state index in [2.05, 4.69) is 18.6 Å². The molecular weight excluding hydrogens is 348 g/mol. The predicted octanol–water partition coefficient (Wildman–Crippen LogP) is 3.81. The van der Waals surface area contributed by atoms with Crippen LogP contribution in [0.25, 0.3) is 0 Å². The van der Waals surface area contributed by atoms with Gasteiger partial charge in [0.25, 0.3) is 10.0 Å². The lowest BCUT2D eigenvalue weighted by atomic mass is 10.0. The van der Waals surface area contributed by atoms with Gasteiger partial charge in [-0.25, -0.2) is 8.42 Å². The molecule has 0 radical (unpaired) electrons. The maximum Gasteiger partial charge on any atom is 0.261 e. The van der Waals surface area contributed by atoms with Crippen LogP contribution in [-0.2, 0) is 21.2 Å². The summed E-state index contributed by atoms with van der Waals surface area (Å²) in [7, 11) is -3.67. The lowest BCUT2D eigenvalue weighted by Gasteiger charge is -2.16. The number of carbonyl (C=O) groups is 1. The summed E-state index contributed by atoms with van der Waals surface area (Å²) in [6, 6.07) is 13.9. The van der Waals surface area contributed by atoms with Crippen LogP contribution in [0.1, 0.15) is 32.3 Å². The van der Waals surface area contributed by atoms with Crippen LogP contribution in [-0.4, -0.2) is 20.9 Å². The van der Waals surface area contributed by atoms with Gasteiger partial charge in [0.05, 0.1) is 4.90 Å². The number of rotatable bonds is 6. The second-order valence-electron chi connectivity index (χ2n) is 7.05. The minimum Gasteiger partial charge on any atom is -0.312 e. The van der Waals surface area contributed by atoms with Crippen molar-refractivity contribution in [2.75, 3.05) is 16.2 Å². The first-order chi connectivity index (χ1) is 12.3. The van der Waals surface area contributed by atoms with Gasteiger partial charge in [-0.15, -0.1) is 0 Å². The number of hydrogen-bond acceptors (Lipinski definition) is 3. The lowest BCUT2D eigenvalue weighted by molar-refractivity contribution is -0.117. The van der Waals surface area contributed by atoms with Crippen molar-refractivity contribution < 1.29 is 13.2 Å².